The fourth-order valence-electron chi connectivity index (χ4n) is 2.25. The molecular weight excluding hydrogens is 232 g/mol. The van der Waals surface area contributed by atoms with Gasteiger partial charge in [-0.05, 0) is 30.4 Å². The summed E-state index contributed by atoms with van der Waals surface area (Å²) in [6.45, 7) is -0.132. The van der Waals surface area contributed by atoms with Crippen molar-refractivity contribution in [2.24, 2.45) is 0 Å². The van der Waals surface area contributed by atoms with E-state index >= 15 is 0 Å². The fraction of sp³-hybridized carbons (Fsp3) is 0.385. The van der Waals surface area contributed by atoms with Crippen molar-refractivity contribution < 1.29 is 15.0 Å². The molecule has 0 saturated heterocycles. The molecule has 1 saturated carbocycles. The van der Waals surface area contributed by atoms with Gasteiger partial charge in [-0.2, -0.15) is 0 Å². The van der Waals surface area contributed by atoms with E-state index in [1.54, 1.807) is 6.20 Å². The van der Waals surface area contributed by atoms with Gasteiger partial charge in [0.05, 0.1) is 18.7 Å². The summed E-state index contributed by atoms with van der Waals surface area (Å²) in [7, 11) is 0. The molecule has 0 amide bonds. The van der Waals surface area contributed by atoms with Crippen LogP contribution in [0.5, 0.6) is 0 Å². The molecule has 2 N–H and O–H groups in total. The maximum Gasteiger partial charge on any atom is 0.307 e. The molecule has 94 valence electrons. The lowest BCUT2D eigenvalue weighted by Gasteiger charge is -2.05. The molecule has 2 heterocycles. The summed E-state index contributed by atoms with van der Waals surface area (Å²) >= 11 is 0. The second-order valence-corrected chi connectivity index (χ2v) is 4.76. The third-order valence-electron chi connectivity index (χ3n) is 3.25. The molecule has 0 spiro atoms. The zero-order chi connectivity index (χ0) is 12.7. The third kappa shape index (κ3) is 1.97. The minimum Gasteiger partial charge on any atom is -0.481 e. The van der Waals surface area contributed by atoms with Gasteiger partial charge >= 0.3 is 5.97 Å². The number of hydrogen-bond acceptors (Lipinski definition) is 3. The minimum atomic E-state index is -0.863. The van der Waals surface area contributed by atoms with Gasteiger partial charge < -0.3 is 14.6 Å². The molecule has 5 heteroatoms. The van der Waals surface area contributed by atoms with Crippen LogP contribution in [0.3, 0.4) is 0 Å². The van der Waals surface area contributed by atoms with Gasteiger partial charge in [0.1, 0.15) is 5.65 Å². The first-order valence-corrected chi connectivity index (χ1v) is 6.00. The quantitative estimate of drug-likeness (QED) is 0.853. The minimum absolute atomic E-state index is 0.0358. The largest absolute Gasteiger partial charge is 0.481 e. The molecule has 1 aliphatic carbocycles. The number of imidazole rings is 1. The third-order valence-corrected chi connectivity index (χ3v) is 3.25. The number of carboxylic acid groups (broad SMARTS) is 1. The molecule has 0 atom stereocenters. The van der Waals surface area contributed by atoms with Crippen LogP contribution in [0.15, 0.2) is 18.5 Å². The molecular formula is C13H14N2O3. The average Bonchev–Trinajstić information content (AvgIpc) is 3.08. The second kappa shape index (κ2) is 4.10. The first-order chi connectivity index (χ1) is 8.67. The van der Waals surface area contributed by atoms with Crippen molar-refractivity contribution in [1.29, 1.82) is 0 Å². The average molecular weight is 246 g/mol. The molecule has 0 bridgehead atoms. The summed E-state index contributed by atoms with van der Waals surface area (Å²) < 4.78 is 1.83. The van der Waals surface area contributed by atoms with E-state index in [1.807, 2.05) is 16.7 Å². The summed E-state index contributed by atoms with van der Waals surface area (Å²) in [5.41, 5.74) is 3.08. The Morgan fingerprint density at radius 2 is 2.22 bits per heavy atom. The number of nitrogens with zero attached hydrogens (tertiary/aromatic N) is 2. The number of carboxylic acids is 1. The molecule has 2 aromatic heterocycles. The van der Waals surface area contributed by atoms with Crippen LogP contribution < -0.4 is 0 Å². The number of fused-ring (bicyclic) bond motifs is 1. The van der Waals surface area contributed by atoms with Gasteiger partial charge in [0.15, 0.2) is 0 Å². The van der Waals surface area contributed by atoms with Gasteiger partial charge in [-0.1, -0.05) is 0 Å². The van der Waals surface area contributed by atoms with Crippen LogP contribution in [0.2, 0.25) is 0 Å². The first-order valence-electron chi connectivity index (χ1n) is 6.00. The SMILES string of the molecule is O=C(O)Cc1cc(C2CC2)cn2cc(CO)nc12. The number of aliphatic hydroxyl groups is 1. The Morgan fingerprint density at radius 1 is 1.44 bits per heavy atom. The number of hydrogen-bond donors (Lipinski definition) is 2. The van der Waals surface area contributed by atoms with Gasteiger partial charge in [0.2, 0.25) is 0 Å². The highest BCUT2D eigenvalue weighted by molar-refractivity contribution is 5.73. The van der Waals surface area contributed by atoms with Crippen molar-refractivity contribution in [1.82, 2.24) is 9.38 Å². The van der Waals surface area contributed by atoms with E-state index in [-0.39, 0.29) is 13.0 Å². The Hall–Kier alpha value is -1.88. The smallest absolute Gasteiger partial charge is 0.307 e. The monoisotopic (exact) mass is 246 g/mol. The molecule has 0 aliphatic heterocycles. The number of rotatable bonds is 4. The molecule has 1 aliphatic rings. The lowest BCUT2D eigenvalue weighted by molar-refractivity contribution is -0.136. The van der Waals surface area contributed by atoms with Crippen LogP contribution in [-0.4, -0.2) is 25.6 Å². The summed E-state index contributed by atoms with van der Waals surface area (Å²) in [6.07, 6.45) is 6.04. The number of aromatic nitrogens is 2. The van der Waals surface area contributed by atoms with Crippen molar-refractivity contribution in [2.75, 3.05) is 0 Å². The van der Waals surface area contributed by atoms with Crippen LogP contribution in [0.4, 0.5) is 0 Å². The summed E-state index contributed by atoms with van der Waals surface area (Å²) in [4.78, 5) is 15.2. The lowest BCUT2D eigenvalue weighted by Crippen LogP contribution is -2.03. The van der Waals surface area contributed by atoms with Crippen LogP contribution in [0.1, 0.15) is 35.6 Å². The van der Waals surface area contributed by atoms with Crippen molar-refractivity contribution in [3.05, 3.63) is 35.3 Å². The zero-order valence-electron chi connectivity index (χ0n) is 9.83. The molecule has 18 heavy (non-hydrogen) atoms. The molecule has 0 radical (unpaired) electrons. The van der Waals surface area contributed by atoms with E-state index in [0.29, 0.717) is 22.8 Å². The molecule has 1 fully saturated rings. The Kier molecular flexibility index (Phi) is 2.56. The number of aliphatic hydroxyl groups excluding tert-OH is 1. The molecule has 3 rings (SSSR count). The first kappa shape index (κ1) is 11.2. The number of carbonyl (C=O) groups is 1. The van der Waals surface area contributed by atoms with Crippen LogP contribution >= 0.6 is 0 Å². The highest BCUT2D eigenvalue weighted by Crippen LogP contribution is 2.40. The van der Waals surface area contributed by atoms with Crippen LogP contribution in [-0.2, 0) is 17.8 Å². The Morgan fingerprint density at radius 3 is 2.83 bits per heavy atom. The van der Waals surface area contributed by atoms with Crippen LogP contribution in [0, 0.1) is 0 Å². The predicted octanol–water partition coefficient (Wildman–Crippen LogP) is 1.33. The van der Waals surface area contributed by atoms with Gasteiger partial charge in [-0.15, -0.1) is 0 Å². The maximum absolute atomic E-state index is 10.9. The Bertz CT molecular complexity index is 614. The van der Waals surface area contributed by atoms with Gasteiger partial charge in [0, 0.05) is 18.0 Å². The van der Waals surface area contributed by atoms with E-state index in [0.717, 1.165) is 0 Å². The van der Waals surface area contributed by atoms with Crippen molar-refractivity contribution in [3.8, 4) is 0 Å². The second-order valence-electron chi connectivity index (χ2n) is 4.76. The van der Waals surface area contributed by atoms with Crippen molar-refractivity contribution in [2.45, 2.75) is 31.8 Å². The van der Waals surface area contributed by atoms with Gasteiger partial charge in [-0.25, -0.2) is 4.98 Å². The van der Waals surface area contributed by atoms with E-state index in [1.165, 1.54) is 18.4 Å². The molecule has 0 aromatic carbocycles. The summed E-state index contributed by atoms with van der Waals surface area (Å²) in [5.74, 6) is -0.305. The van der Waals surface area contributed by atoms with E-state index < -0.39 is 5.97 Å². The predicted molar refractivity (Wildman–Crippen MR) is 64.4 cm³/mol. The Labute approximate surface area is 104 Å². The highest BCUT2D eigenvalue weighted by Gasteiger charge is 2.25. The topological polar surface area (TPSA) is 74.8 Å². The Balaban J connectivity index is 2.14. The van der Waals surface area contributed by atoms with Gasteiger partial charge in [0.25, 0.3) is 0 Å². The summed E-state index contributed by atoms with van der Waals surface area (Å²) in [6, 6.07) is 1.94. The highest BCUT2D eigenvalue weighted by atomic mass is 16.4. The van der Waals surface area contributed by atoms with E-state index in [4.69, 9.17) is 10.2 Å². The normalized spacial score (nSPS) is 15.2. The van der Waals surface area contributed by atoms with Crippen LogP contribution in [0.25, 0.3) is 5.65 Å². The fourth-order valence-corrected chi connectivity index (χ4v) is 2.25. The lowest BCUT2D eigenvalue weighted by atomic mass is 10.1. The molecule has 5 nitrogen and oxygen atoms in total. The standard InChI is InChI=1S/C13H14N2O3/c16-7-11-6-15-5-10(8-1-2-8)3-9(4-12(17)18)13(15)14-11/h3,5-6,8,16H,1-2,4,7H2,(H,17,18). The summed E-state index contributed by atoms with van der Waals surface area (Å²) in [5, 5.41) is 18.1. The van der Waals surface area contributed by atoms with Crippen molar-refractivity contribution >= 4 is 11.6 Å². The van der Waals surface area contributed by atoms with E-state index in [2.05, 4.69) is 4.98 Å². The zero-order valence-corrected chi connectivity index (χ0v) is 9.83. The van der Waals surface area contributed by atoms with Crippen molar-refractivity contribution in [3.63, 3.8) is 0 Å². The molecule has 0 unspecified atom stereocenters. The maximum atomic E-state index is 10.9. The van der Waals surface area contributed by atoms with E-state index in [9.17, 15) is 4.79 Å². The number of aliphatic carboxylic acids is 1. The number of pyridine rings is 1. The molecule has 2 aromatic rings. The van der Waals surface area contributed by atoms with Gasteiger partial charge in [-0.3, -0.25) is 4.79 Å².